The van der Waals surface area contributed by atoms with Gasteiger partial charge in [-0.2, -0.15) is 0 Å². The fourth-order valence-electron chi connectivity index (χ4n) is 2.40. The molecule has 0 unspecified atom stereocenters. The van der Waals surface area contributed by atoms with Crippen LogP contribution in [0.4, 0.5) is 5.69 Å². The molecule has 0 radical (unpaired) electrons. The zero-order valence-electron chi connectivity index (χ0n) is 15.5. The Morgan fingerprint density at radius 2 is 1.76 bits per heavy atom. The van der Waals surface area contributed by atoms with Crippen molar-refractivity contribution < 1.29 is 9.47 Å². The minimum atomic E-state index is 0.209. The maximum atomic E-state index is 5.65. The van der Waals surface area contributed by atoms with E-state index in [1.807, 2.05) is 44.2 Å². The van der Waals surface area contributed by atoms with E-state index in [0.717, 1.165) is 49.8 Å². The molecule has 0 spiro atoms. The Hall–Kier alpha value is -2.20. The molecule has 2 rings (SSSR count). The quantitative estimate of drug-likeness (QED) is 0.592. The first-order valence-corrected chi connectivity index (χ1v) is 9.10. The molecule has 0 fully saturated rings. The van der Waals surface area contributed by atoms with E-state index in [1.54, 1.807) is 0 Å². The van der Waals surface area contributed by atoms with Crippen molar-refractivity contribution in [2.45, 2.75) is 39.8 Å². The van der Waals surface area contributed by atoms with Gasteiger partial charge in [-0.1, -0.05) is 25.1 Å². The van der Waals surface area contributed by atoms with Gasteiger partial charge in [-0.3, -0.25) is 0 Å². The van der Waals surface area contributed by atoms with Crippen molar-refractivity contribution in [2.24, 2.45) is 0 Å². The maximum absolute atomic E-state index is 5.65. The predicted octanol–water partition coefficient (Wildman–Crippen LogP) is 4.46. The number of hydrogen-bond acceptors (Lipinski definition) is 4. The zero-order chi connectivity index (χ0) is 17.9. The van der Waals surface area contributed by atoms with Crippen molar-refractivity contribution in [3.63, 3.8) is 0 Å². The van der Waals surface area contributed by atoms with Gasteiger partial charge in [-0.25, -0.2) is 0 Å². The normalized spacial score (nSPS) is 10.7. The van der Waals surface area contributed by atoms with E-state index >= 15 is 0 Å². The lowest BCUT2D eigenvalue weighted by atomic mass is 10.2. The summed E-state index contributed by atoms with van der Waals surface area (Å²) in [7, 11) is 0. The lowest BCUT2D eigenvalue weighted by molar-refractivity contribution is 0.242. The molecule has 0 amide bonds. The topological polar surface area (TPSA) is 42.5 Å². The molecule has 2 aromatic carbocycles. The van der Waals surface area contributed by atoms with Gasteiger partial charge in [0.2, 0.25) is 0 Å². The summed E-state index contributed by atoms with van der Waals surface area (Å²) in [5.74, 6) is 1.84. The highest BCUT2D eigenvalue weighted by Crippen LogP contribution is 2.17. The number of ether oxygens (including phenoxy) is 2. The molecule has 2 N–H and O–H groups in total. The van der Waals surface area contributed by atoms with E-state index in [-0.39, 0.29) is 6.10 Å². The Morgan fingerprint density at radius 3 is 2.48 bits per heavy atom. The monoisotopic (exact) mass is 342 g/mol. The minimum Gasteiger partial charge on any atom is -0.494 e. The van der Waals surface area contributed by atoms with Crippen LogP contribution in [0.25, 0.3) is 0 Å². The standard InChI is InChI=1S/C21H30N2O2/c1-4-14-24-21-7-5-6-19(15-21)23-13-12-22-16-18-8-10-20(11-9-18)25-17(2)3/h5-11,15,17,22-23H,4,12-14,16H2,1-3H3. The van der Waals surface area contributed by atoms with Crippen LogP contribution in [0.1, 0.15) is 32.8 Å². The van der Waals surface area contributed by atoms with E-state index < -0.39 is 0 Å². The van der Waals surface area contributed by atoms with E-state index in [4.69, 9.17) is 9.47 Å². The molecule has 0 aliphatic rings. The van der Waals surface area contributed by atoms with Crippen LogP contribution >= 0.6 is 0 Å². The number of rotatable bonds is 11. The lowest BCUT2D eigenvalue weighted by Gasteiger charge is -2.11. The van der Waals surface area contributed by atoms with Crippen LogP contribution in [0.3, 0.4) is 0 Å². The second-order valence-corrected chi connectivity index (χ2v) is 6.29. The number of hydrogen-bond donors (Lipinski definition) is 2. The summed E-state index contributed by atoms with van der Waals surface area (Å²) >= 11 is 0. The van der Waals surface area contributed by atoms with Crippen molar-refractivity contribution in [3.8, 4) is 11.5 Å². The van der Waals surface area contributed by atoms with Gasteiger partial charge in [0.05, 0.1) is 12.7 Å². The second-order valence-electron chi connectivity index (χ2n) is 6.29. The molecule has 0 saturated carbocycles. The summed E-state index contributed by atoms with van der Waals surface area (Å²) in [5.41, 5.74) is 2.34. The van der Waals surface area contributed by atoms with Gasteiger partial charge in [-0.15, -0.1) is 0 Å². The fourth-order valence-corrected chi connectivity index (χ4v) is 2.40. The maximum Gasteiger partial charge on any atom is 0.121 e. The van der Waals surface area contributed by atoms with E-state index in [1.165, 1.54) is 5.56 Å². The highest BCUT2D eigenvalue weighted by molar-refractivity contribution is 5.48. The van der Waals surface area contributed by atoms with Crippen molar-refractivity contribution in [1.82, 2.24) is 5.32 Å². The summed E-state index contributed by atoms with van der Waals surface area (Å²) in [6, 6.07) is 16.4. The SMILES string of the molecule is CCCOc1cccc(NCCNCc2ccc(OC(C)C)cc2)c1. The number of anilines is 1. The van der Waals surface area contributed by atoms with Crippen LogP contribution in [-0.4, -0.2) is 25.8 Å². The summed E-state index contributed by atoms with van der Waals surface area (Å²) in [6.07, 6.45) is 1.23. The molecule has 0 aliphatic carbocycles. The first-order chi connectivity index (χ1) is 12.2. The molecule has 25 heavy (non-hydrogen) atoms. The molecule has 2 aromatic rings. The Bertz CT molecular complexity index is 612. The summed E-state index contributed by atoms with van der Waals surface area (Å²) in [4.78, 5) is 0. The Kier molecular flexibility index (Phi) is 8.13. The summed E-state index contributed by atoms with van der Waals surface area (Å²) in [6.45, 7) is 9.55. The average Bonchev–Trinajstić information content (AvgIpc) is 2.61. The second kappa shape index (κ2) is 10.6. The highest BCUT2D eigenvalue weighted by Gasteiger charge is 1.99. The van der Waals surface area contributed by atoms with Crippen LogP contribution in [0.5, 0.6) is 11.5 Å². The molecule has 0 heterocycles. The van der Waals surface area contributed by atoms with Gasteiger partial charge in [-0.05, 0) is 50.1 Å². The Balaban J connectivity index is 1.66. The number of benzene rings is 2. The van der Waals surface area contributed by atoms with Crippen LogP contribution in [0.2, 0.25) is 0 Å². The zero-order valence-corrected chi connectivity index (χ0v) is 15.5. The third-order valence-corrected chi connectivity index (χ3v) is 3.56. The molecule has 136 valence electrons. The van der Waals surface area contributed by atoms with E-state index in [0.29, 0.717) is 0 Å². The van der Waals surface area contributed by atoms with Gasteiger partial charge >= 0.3 is 0 Å². The predicted molar refractivity (Wildman–Crippen MR) is 105 cm³/mol. The number of nitrogens with one attached hydrogen (secondary N) is 2. The van der Waals surface area contributed by atoms with Crippen LogP contribution in [-0.2, 0) is 6.54 Å². The minimum absolute atomic E-state index is 0.209. The fraction of sp³-hybridized carbons (Fsp3) is 0.429. The first-order valence-electron chi connectivity index (χ1n) is 9.10. The van der Waals surface area contributed by atoms with Crippen molar-refractivity contribution >= 4 is 5.69 Å². The van der Waals surface area contributed by atoms with Crippen LogP contribution < -0.4 is 20.1 Å². The molecule has 0 saturated heterocycles. The molecule has 0 bridgehead atoms. The Labute approximate surface area is 151 Å². The molecule has 0 atom stereocenters. The molecule has 0 aliphatic heterocycles. The Morgan fingerprint density at radius 1 is 0.960 bits per heavy atom. The lowest BCUT2D eigenvalue weighted by Crippen LogP contribution is -2.21. The van der Waals surface area contributed by atoms with Crippen molar-refractivity contribution in [1.29, 1.82) is 0 Å². The smallest absolute Gasteiger partial charge is 0.121 e. The van der Waals surface area contributed by atoms with Gasteiger partial charge in [0.25, 0.3) is 0 Å². The molecule has 0 aromatic heterocycles. The summed E-state index contributed by atoms with van der Waals surface area (Å²) < 4.78 is 11.3. The van der Waals surface area contributed by atoms with Crippen molar-refractivity contribution in [2.75, 3.05) is 25.0 Å². The molecular formula is C21H30N2O2. The first kappa shape index (κ1) is 19.1. The van der Waals surface area contributed by atoms with Gasteiger partial charge in [0.15, 0.2) is 0 Å². The van der Waals surface area contributed by atoms with Gasteiger partial charge in [0, 0.05) is 31.4 Å². The molecule has 4 nitrogen and oxygen atoms in total. The third-order valence-electron chi connectivity index (χ3n) is 3.56. The van der Waals surface area contributed by atoms with Crippen molar-refractivity contribution in [3.05, 3.63) is 54.1 Å². The summed E-state index contributed by atoms with van der Waals surface area (Å²) in [5, 5.41) is 6.86. The molecule has 4 heteroatoms. The van der Waals surface area contributed by atoms with Crippen LogP contribution in [0.15, 0.2) is 48.5 Å². The average molecular weight is 342 g/mol. The third kappa shape index (κ3) is 7.48. The largest absolute Gasteiger partial charge is 0.494 e. The molecular weight excluding hydrogens is 312 g/mol. The van der Waals surface area contributed by atoms with Crippen LogP contribution in [0, 0.1) is 0 Å². The highest BCUT2D eigenvalue weighted by atomic mass is 16.5. The van der Waals surface area contributed by atoms with Gasteiger partial charge < -0.3 is 20.1 Å². The van der Waals surface area contributed by atoms with E-state index in [9.17, 15) is 0 Å². The van der Waals surface area contributed by atoms with E-state index in [2.05, 4.69) is 35.8 Å². The van der Waals surface area contributed by atoms with Gasteiger partial charge in [0.1, 0.15) is 11.5 Å².